The summed E-state index contributed by atoms with van der Waals surface area (Å²) in [5, 5.41) is 3.18. The molecular formula is C14H28N4S. The molecule has 0 fully saturated rings. The van der Waals surface area contributed by atoms with Gasteiger partial charge in [-0.15, -0.1) is 11.3 Å². The first kappa shape index (κ1) is 16.6. The van der Waals surface area contributed by atoms with Crippen molar-refractivity contribution in [3.05, 3.63) is 16.6 Å². The van der Waals surface area contributed by atoms with Gasteiger partial charge in [0.25, 0.3) is 0 Å². The van der Waals surface area contributed by atoms with E-state index in [1.54, 1.807) is 11.3 Å². The lowest BCUT2D eigenvalue weighted by Gasteiger charge is -2.47. The van der Waals surface area contributed by atoms with E-state index in [2.05, 4.69) is 43.0 Å². The van der Waals surface area contributed by atoms with Crippen molar-refractivity contribution >= 4 is 11.3 Å². The maximum atomic E-state index is 5.87. The van der Waals surface area contributed by atoms with Crippen molar-refractivity contribution in [2.24, 2.45) is 5.84 Å². The zero-order valence-electron chi connectivity index (χ0n) is 12.6. The Balaban J connectivity index is 2.98. The Morgan fingerprint density at radius 1 is 1.32 bits per heavy atom. The molecule has 0 aromatic carbocycles. The van der Waals surface area contributed by atoms with Crippen LogP contribution in [0, 0.1) is 0 Å². The van der Waals surface area contributed by atoms with E-state index in [1.165, 1.54) is 0 Å². The summed E-state index contributed by atoms with van der Waals surface area (Å²) in [6, 6.07) is 0.230. The molecule has 1 aromatic heterocycles. The lowest BCUT2D eigenvalue weighted by atomic mass is 9.81. The molecule has 0 aliphatic rings. The van der Waals surface area contributed by atoms with Gasteiger partial charge in [-0.1, -0.05) is 27.7 Å². The van der Waals surface area contributed by atoms with Crippen LogP contribution in [0.1, 0.15) is 45.5 Å². The quantitative estimate of drug-likeness (QED) is 0.540. The van der Waals surface area contributed by atoms with Gasteiger partial charge < -0.3 is 0 Å². The molecule has 19 heavy (non-hydrogen) atoms. The Morgan fingerprint density at radius 2 is 1.95 bits per heavy atom. The van der Waals surface area contributed by atoms with Gasteiger partial charge in [0.2, 0.25) is 0 Å². The van der Waals surface area contributed by atoms with Crippen molar-refractivity contribution in [1.29, 1.82) is 0 Å². The van der Waals surface area contributed by atoms with Crippen molar-refractivity contribution in [2.45, 2.75) is 58.5 Å². The third-order valence-electron chi connectivity index (χ3n) is 4.33. The number of hydrazine groups is 1. The molecule has 0 amide bonds. The third-order valence-corrected chi connectivity index (χ3v) is 5.13. The molecule has 3 N–H and O–H groups in total. The SMILES string of the molecule is CCN(CC)C(CC)(CC)C(Cc1nccs1)NN. The van der Waals surface area contributed by atoms with E-state index in [9.17, 15) is 0 Å². The number of nitrogens with two attached hydrogens (primary N) is 1. The monoisotopic (exact) mass is 284 g/mol. The van der Waals surface area contributed by atoms with Crippen LogP contribution in [0.5, 0.6) is 0 Å². The second-order valence-corrected chi connectivity index (χ2v) is 5.81. The van der Waals surface area contributed by atoms with Crippen LogP contribution >= 0.6 is 11.3 Å². The summed E-state index contributed by atoms with van der Waals surface area (Å²) in [7, 11) is 0. The maximum Gasteiger partial charge on any atom is 0.0941 e. The Kier molecular flexibility index (Phi) is 6.93. The number of hydrogen-bond acceptors (Lipinski definition) is 5. The molecular weight excluding hydrogens is 256 g/mol. The molecule has 0 saturated carbocycles. The topological polar surface area (TPSA) is 54.2 Å². The van der Waals surface area contributed by atoms with Gasteiger partial charge in [-0.2, -0.15) is 0 Å². The summed E-state index contributed by atoms with van der Waals surface area (Å²) >= 11 is 1.71. The maximum absolute atomic E-state index is 5.87. The Bertz CT molecular complexity index is 331. The average molecular weight is 284 g/mol. The molecule has 1 rings (SSSR count). The zero-order valence-corrected chi connectivity index (χ0v) is 13.5. The Morgan fingerprint density at radius 3 is 2.32 bits per heavy atom. The van der Waals surface area contributed by atoms with Crippen LogP contribution in [0.15, 0.2) is 11.6 Å². The van der Waals surface area contributed by atoms with E-state index in [4.69, 9.17) is 5.84 Å². The first-order valence-corrected chi connectivity index (χ1v) is 8.15. The second kappa shape index (κ2) is 7.94. The fourth-order valence-corrected chi connectivity index (χ4v) is 3.86. The first-order valence-electron chi connectivity index (χ1n) is 7.27. The predicted octanol–water partition coefficient (Wildman–Crippen LogP) is 2.42. The largest absolute Gasteiger partial charge is 0.297 e. The minimum Gasteiger partial charge on any atom is -0.297 e. The summed E-state index contributed by atoms with van der Waals surface area (Å²) in [5.74, 6) is 5.87. The number of nitrogens with one attached hydrogen (secondary N) is 1. The third kappa shape index (κ3) is 3.54. The van der Waals surface area contributed by atoms with Gasteiger partial charge in [-0.25, -0.2) is 4.98 Å². The molecule has 4 nitrogen and oxygen atoms in total. The fraction of sp³-hybridized carbons (Fsp3) is 0.786. The summed E-state index contributed by atoms with van der Waals surface area (Å²) in [6.07, 6.45) is 4.94. The highest BCUT2D eigenvalue weighted by Gasteiger charge is 2.39. The van der Waals surface area contributed by atoms with Crippen molar-refractivity contribution in [3.63, 3.8) is 0 Å². The molecule has 1 unspecified atom stereocenters. The molecule has 0 saturated heterocycles. The van der Waals surface area contributed by atoms with Crippen LogP contribution < -0.4 is 11.3 Å². The van der Waals surface area contributed by atoms with Gasteiger partial charge >= 0.3 is 0 Å². The minimum absolute atomic E-state index is 0.101. The average Bonchev–Trinajstić information content (AvgIpc) is 2.95. The molecule has 0 spiro atoms. The molecule has 0 aliphatic heterocycles. The molecule has 0 bridgehead atoms. The number of likely N-dealkylation sites (N-methyl/N-ethyl adjacent to an activating group) is 1. The minimum atomic E-state index is 0.101. The van der Waals surface area contributed by atoms with Gasteiger partial charge in [-0.3, -0.25) is 16.2 Å². The smallest absolute Gasteiger partial charge is 0.0941 e. The van der Waals surface area contributed by atoms with E-state index in [1.807, 2.05) is 11.6 Å². The van der Waals surface area contributed by atoms with Gasteiger partial charge in [0.1, 0.15) is 0 Å². The lowest BCUT2D eigenvalue weighted by Crippen LogP contribution is -2.63. The highest BCUT2D eigenvalue weighted by atomic mass is 32.1. The van der Waals surface area contributed by atoms with Gasteiger partial charge in [-0.05, 0) is 25.9 Å². The van der Waals surface area contributed by atoms with E-state index in [0.29, 0.717) is 0 Å². The highest BCUT2D eigenvalue weighted by molar-refractivity contribution is 7.09. The number of aromatic nitrogens is 1. The zero-order chi connectivity index (χ0) is 14.3. The van der Waals surface area contributed by atoms with E-state index in [0.717, 1.165) is 37.4 Å². The number of hydrogen-bond donors (Lipinski definition) is 2. The summed E-state index contributed by atoms with van der Waals surface area (Å²) < 4.78 is 0. The molecule has 1 atom stereocenters. The summed E-state index contributed by atoms with van der Waals surface area (Å²) in [4.78, 5) is 6.93. The first-order chi connectivity index (χ1) is 9.18. The van der Waals surface area contributed by atoms with Crippen molar-refractivity contribution in [2.75, 3.05) is 13.1 Å². The number of nitrogens with zero attached hydrogens (tertiary/aromatic N) is 2. The normalized spacial score (nSPS) is 14.0. The van der Waals surface area contributed by atoms with E-state index in [-0.39, 0.29) is 11.6 Å². The Labute approximate surface area is 121 Å². The lowest BCUT2D eigenvalue weighted by molar-refractivity contribution is 0.0492. The van der Waals surface area contributed by atoms with Crippen molar-refractivity contribution < 1.29 is 0 Å². The molecule has 0 aliphatic carbocycles. The fourth-order valence-electron chi connectivity index (χ4n) is 3.20. The standard InChI is InChI=1S/C14H28N4S/c1-5-14(6-2,18(7-3)8-4)12(17-15)11-13-16-9-10-19-13/h9-10,12,17H,5-8,11,15H2,1-4H3. The molecule has 1 aromatic rings. The van der Waals surface area contributed by atoms with Crippen LogP contribution in [0.3, 0.4) is 0 Å². The van der Waals surface area contributed by atoms with Crippen LogP contribution in [0.2, 0.25) is 0 Å². The van der Waals surface area contributed by atoms with Gasteiger partial charge in [0, 0.05) is 29.6 Å². The molecule has 5 heteroatoms. The second-order valence-electron chi connectivity index (χ2n) is 4.83. The van der Waals surface area contributed by atoms with Gasteiger partial charge in [0.05, 0.1) is 5.01 Å². The van der Waals surface area contributed by atoms with E-state index < -0.39 is 0 Å². The van der Waals surface area contributed by atoms with Crippen molar-refractivity contribution in [3.8, 4) is 0 Å². The summed E-state index contributed by atoms with van der Waals surface area (Å²) in [6.45, 7) is 11.1. The number of thiazole rings is 1. The van der Waals surface area contributed by atoms with Gasteiger partial charge in [0.15, 0.2) is 0 Å². The van der Waals surface area contributed by atoms with Crippen molar-refractivity contribution in [1.82, 2.24) is 15.3 Å². The van der Waals surface area contributed by atoms with Crippen LogP contribution in [0.4, 0.5) is 0 Å². The molecule has 110 valence electrons. The van der Waals surface area contributed by atoms with Crippen LogP contribution in [0.25, 0.3) is 0 Å². The molecule has 1 heterocycles. The Hall–Kier alpha value is -0.490. The van der Waals surface area contributed by atoms with Crippen LogP contribution in [-0.2, 0) is 6.42 Å². The van der Waals surface area contributed by atoms with E-state index >= 15 is 0 Å². The number of rotatable bonds is 9. The summed E-state index contributed by atoms with van der Waals surface area (Å²) in [5.41, 5.74) is 3.16. The van der Waals surface area contributed by atoms with Crippen LogP contribution in [-0.4, -0.2) is 34.6 Å². The highest BCUT2D eigenvalue weighted by Crippen LogP contribution is 2.30. The molecule has 0 radical (unpaired) electrons. The predicted molar refractivity (Wildman–Crippen MR) is 83.2 cm³/mol.